The van der Waals surface area contributed by atoms with E-state index >= 15 is 0 Å². The van der Waals surface area contributed by atoms with Gasteiger partial charge in [0, 0.05) is 17.9 Å². The summed E-state index contributed by atoms with van der Waals surface area (Å²) in [5, 5.41) is 12.2. The molecule has 1 aromatic rings. The van der Waals surface area contributed by atoms with Crippen molar-refractivity contribution < 1.29 is 14.4 Å². The summed E-state index contributed by atoms with van der Waals surface area (Å²) in [4.78, 5) is 12.7. The first-order chi connectivity index (χ1) is 7.54. The molecular weight excluding hydrogens is 228 g/mol. The summed E-state index contributed by atoms with van der Waals surface area (Å²) in [6.07, 6.45) is 2.06. The van der Waals surface area contributed by atoms with Crippen LogP contribution >= 0.6 is 11.8 Å². The van der Waals surface area contributed by atoms with Gasteiger partial charge in [0.05, 0.1) is 6.54 Å². The third-order valence-corrected chi connectivity index (χ3v) is 3.16. The molecule has 0 saturated heterocycles. The molecule has 6 heteroatoms. The number of carbonyl (C=O) groups is 1. The predicted molar refractivity (Wildman–Crippen MR) is 62.8 cm³/mol. The molecule has 0 aliphatic heterocycles. The van der Waals surface area contributed by atoms with Crippen LogP contribution in [0.25, 0.3) is 0 Å². The lowest BCUT2D eigenvalue weighted by Crippen LogP contribution is -2.30. The van der Waals surface area contributed by atoms with E-state index in [-0.39, 0.29) is 5.69 Å². The molecule has 0 amide bonds. The molecule has 1 aromatic heterocycles. The zero-order valence-corrected chi connectivity index (χ0v) is 10.5. The number of aromatic nitrogens is 1. The van der Waals surface area contributed by atoms with E-state index in [0.29, 0.717) is 18.3 Å². The van der Waals surface area contributed by atoms with Gasteiger partial charge in [0.1, 0.15) is 0 Å². The lowest BCUT2D eigenvalue weighted by atomic mass is 10.3. The Labute approximate surface area is 98.8 Å². The van der Waals surface area contributed by atoms with Crippen LogP contribution in [0.1, 0.15) is 23.2 Å². The average molecular weight is 244 g/mol. The van der Waals surface area contributed by atoms with E-state index in [4.69, 9.17) is 9.63 Å². The van der Waals surface area contributed by atoms with Crippen molar-refractivity contribution >= 4 is 17.7 Å². The summed E-state index contributed by atoms with van der Waals surface area (Å²) < 4.78 is 4.95. The zero-order chi connectivity index (χ0) is 12.1. The highest BCUT2D eigenvalue weighted by atomic mass is 32.2. The lowest BCUT2D eigenvalue weighted by molar-refractivity contribution is 0.0685. The maximum absolute atomic E-state index is 10.6. The maximum atomic E-state index is 10.6. The smallest absolute Gasteiger partial charge is 0.358 e. The molecule has 0 radical (unpaired) electrons. The van der Waals surface area contributed by atoms with E-state index in [1.807, 2.05) is 7.05 Å². The molecular formula is C10H16N2O3S. The van der Waals surface area contributed by atoms with Crippen molar-refractivity contribution in [3.8, 4) is 0 Å². The third-order valence-electron chi connectivity index (χ3n) is 2.34. The Morgan fingerprint density at radius 1 is 1.75 bits per heavy atom. The summed E-state index contributed by atoms with van der Waals surface area (Å²) in [6, 6.07) is 1.87. The molecule has 0 bridgehead atoms. The quantitative estimate of drug-likeness (QED) is 0.819. The molecule has 0 fully saturated rings. The van der Waals surface area contributed by atoms with Crippen LogP contribution in [-0.2, 0) is 6.54 Å². The Kier molecular flexibility index (Phi) is 4.82. The SMILES string of the molecule is CSCC(C)N(C)Cc1cc(C(=O)O)no1. The topological polar surface area (TPSA) is 66.6 Å². The van der Waals surface area contributed by atoms with Crippen LogP contribution in [0.5, 0.6) is 0 Å². The minimum absolute atomic E-state index is 0.0408. The van der Waals surface area contributed by atoms with E-state index in [2.05, 4.69) is 23.2 Å². The van der Waals surface area contributed by atoms with Gasteiger partial charge in [0.25, 0.3) is 0 Å². The fourth-order valence-corrected chi connectivity index (χ4v) is 2.00. The molecule has 90 valence electrons. The van der Waals surface area contributed by atoms with Gasteiger partial charge < -0.3 is 9.63 Å². The fraction of sp³-hybridized carbons (Fsp3) is 0.600. The first kappa shape index (κ1) is 13.1. The van der Waals surface area contributed by atoms with Crippen LogP contribution in [0.3, 0.4) is 0 Å². The standard InChI is InChI=1S/C10H16N2O3S/c1-7(6-16-3)12(2)5-8-4-9(10(13)14)11-15-8/h4,7H,5-6H2,1-3H3,(H,13,14). The highest BCUT2D eigenvalue weighted by Gasteiger charge is 2.14. The summed E-state index contributed by atoms with van der Waals surface area (Å²) in [7, 11) is 1.98. The molecule has 0 aromatic carbocycles. The molecule has 16 heavy (non-hydrogen) atoms. The summed E-state index contributed by atoms with van der Waals surface area (Å²) >= 11 is 1.78. The summed E-state index contributed by atoms with van der Waals surface area (Å²) in [5.74, 6) is 0.541. The predicted octanol–water partition coefficient (Wildman–Crippen LogP) is 1.56. The Balaban J connectivity index is 2.55. The highest BCUT2D eigenvalue weighted by molar-refractivity contribution is 7.98. The van der Waals surface area contributed by atoms with Crippen LogP contribution in [0.4, 0.5) is 0 Å². The van der Waals surface area contributed by atoms with Gasteiger partial charge in [-0.25, -0.2) is 4.79 Å². The Hall–Kier alpha value is -1.01. The van der Waals surface area contributed by atoms with Crippen LogP contribution < -0.4 is 0 Å². The maximum Gasteiger partial charge on any atom is 0.358 e. The van der Waals surface area contributed by atoms with Crippen molar-refractivity contribution in [2.45, 2.75) is 19.5 Å². The Morgan fingerprint density at radius 2 is 2.44 bits per heavy atom. The molecule has 0 aliphatic rings. The van der Waals surface area contributed by atoms with Crippen molar-refractivity contribution in [2.24, 2.45) is 0 Å². The van der Waals surface area contributed by atoms with Crippen LogP contribution in [0, 0.1) is 0 Å². The second-order valence-electron chi connectivity index (χ2n) is 3.70. The Bertz CT molecular complexity index is 354. The minimum atomic E-state index is -1.06. The van der Waals surface area contributed by atoms with Gasteiger partial charge in [-0.1, -0.05) is 5.16 Å². The van der Waals surface area contributed by atoms with Crippen LogP contribution in [0.2, 0.25) is 0 Å². The van der Waals surface area contributed by atoms with Crippen molar-refractivity contribution in [1.29, 1.82) is 0 Å². The van der Waals surface area contributed by atoms with Gasteiger partial charge in [0.2, 0.25) is 0 Å². The first-order valence-electron chi connectivity index (χ1n) is 4.92. The van der Waals surface area contributed by atoms with Crippen molar-refractivity contribution in [3.63, 3.8) is 0 Å². The van der Waals surface area contributed by atoms with Gasteiger partial charge in [0.15, 0.2) is 11.5 Å². The average Bonchev–Trinajstić information content (AvgIpc) is 2.66. The van der Waals surface area contributed by atoms with Crippen molar-refractivity contribution in [3.05, 3.63) is 17.5 Å². The van der Waals surface area contributed by atoms with E-state index in [0.717, 1.165) is 5.75 Å². The molecule has 1 atom stereocenters. The van der Waals surface area contributed by atoms with E-state index < -0.39 is 5.97 Å². The highest BCUT2D eigenvalue weighted by Crippen LogP contribution is 2.10. The van der Waals surface area contributed by atoms with Gasteiger partial charge in [-0.2, -0.15) is 11.8 Å². The fourth-order valence-electron chi connectivity index (χ4n) is 1.26. The van der Waals surface area contributed by atoms with E-state index in [1.54, 1.807) is 11.8 Å². The number of carboxylic acids is 1. The monoisotopic (exact) mass is 244 g/mol. The van der Waals surface area contributed by atoms with Gasteiger partial charge in [-0.3, -0.25) is 4.90 Å². The molecule has 5 nitrogen and oxygen atoms in total. The lowest BCUT2D eigenvalue weighted by Gasteiger charge is -2.22. The van der Waals surface area contributed by atoms with Gasteiger partial charge in [-0.05, 0) is 20.2 Å². The number of aromatic carboxylic acids is 1. The second kappa shape index (κ2) is 5.91. The molecule has 1 N–H and O–H groups in total. The van der Waals surface area contributed by atoms with Crippen LogP contribution in [0.15, 0.2) is 10.6 Å². The third kappa shape index (κ3) is 3.53. The van der Waals surface area contributed by atoms with Crippen molar-refractivity contribution in [1.82, 2.24) is 10.1 Å². The second-order valence-corrected chi connectivity index (χ2v) is 4.61. The van der Waals surface area contributed by atoms with Gasteiger partial charge >= 0.3 is 5.97 Å². The molecule has 0 saturated carbocycles. The number of hydrogen-bond donors (Lipinski definition) is 1. The largest absolute Gasteiger partial charge is 0.476 e. The molecule has 1 heterocycles. The first-order valence-corrected chi connectivity index (χ1v) is 6.32. The molecule has 0 spiro atoms. The number of hydrogen-bond acceptors (Lipinski definition) is 5. The zero-order valence-electron chi connectivity index (χ0n) is 9.64. The van der Waals surface area contributed by atoms with E-state index in [9.17, 15) is 4.79 Å². The number of carboxylic acid groups (broad SMARTS) is 1. The van der Waals surface area contributed by atoms with Crippen LogP contribution in [-0.4, -0.2) is 46.2 Å². The minimum Gasteiger partial charge on any atom is -0.476 e. The number of rotatable bonds is 6. The summed E-state index contributed by atoms with van der Waals surface area (Å²) in [6.45, 7) is 2.69. The normalized spacial score (nSPS) is 13.0. The van der Waals surface area contributed by atoms with Gasteiger partial charge in [-0.15, -0.1) is 0 Å². The Morgan fingerprint density at radius 3 is 2.94 bits per heavy atom. The molecule has 1 unspecified atom stereocenters. The molecule has 0 aliphatic carbocycles. The molecule has 1 rings (SSSR count). The van der Waals surface area contributed by atoms with Crippen molar-refractivity contribution in [2.75, 3.05) is 19.1 Å². The number of thioether (sulfide) groups is 1. The summed E-state index contributed by atoms with van der Waals surface area (Å²) in [5.41, 5.74) is -0.0408. The number of nitrogens with zero attached hydrogens (tertiary/aromatic N) is 2. The van der Waals surface area contributed by atoms with E-state index in [1.165, 1.54) is 6.07 Å².